The molecule has 1 aromatic heterocycles. The second-order valence-corrected chi connectivity index (χ2v) is 8.02. The zero-order valence-electron chi connectivity index (χ0n) is 17.1. The van der Waals surface area contributed by atoms with E-state index >= 15 is 0 Å². The van der Waals surface area contributed by atoms with Crippen LogP contribution in [0.25, 0.3) is 10.9 Å². The van der Waals surface area contributed by atoms with Gasteiger partial charge in [-0.15, -0.1) is 10.2 Å². The van der Waals surface area contributed by atoms with Gasteiger partial charge in [-0.1, -0.05) is 39.0 Å². The van der Waals surface area contributed by atoms with Crippen molar-refractivity contribution in [3.8, 4) is 0 Å². The van der Waals surface area contributed by atoms with E-state index in [0.717, 1.165) is 29.6 Å². The monoisotopic (exact) mass is 384 g/mol. The number of amides is 1. The van der Waals surface area contributed by atoms with Crippen LogP contribution >= 0.6 is 0 Å². The molecule has 1 aliphatic heterocycles. The number of carbonyl (C=O) groups excluding carboxylic acids is 2. The van der Waals surface area contributed by atoms with Gasteiger partial charge >= 0.3 is 5.97 Å². The second kappa shape index (κ2) is 8.12. The van der Waals surface area contributed by atoms with Gasteiger partial charge in [0.2, 0.25) is 5.91 Å². The average molecular weight is 384 g/mol. The van der Waals surface area contributed by atoms with Gasteiger partial charge in [-0.25, -0.2) is 4.79 Å². The fourth-order valence-corrected chi connectivity index (χ4v) is 3.52. The normalized spacial score (nSPS) is 15.4. The van der Waals surface area contributed by atoms with Crippen LogP contribution in [0.15, 0.2) is 24.3 Å². The van der Waals surface area contributed by atoms with E-state index in [-0.39, 0.29) is 18.2 Å². The number of fused-ring (bicyclic) bond motifs is 1. The predicted molar refractivity (Wildman–Crippen MR) is 108 cm³/mol. The molecular weight excluding hydrogens is 356 g/mol. The second-order valence-electron chi connectivity index (χ2n) is 8.02. The van der Waals surface area contributed by atoms with E-state index in [4.69, 9.17) is 4.74 Å². The highest BCUT2D eigenvalue weighted by molar-refractivity contribution is 6.03. The molecule has 0 atom stereocenters. The van der Waals surface area contributed by atoms with Crippen LogP contribution < -0.4 is 4.90 Å². The number of carbonyl (C=O) groups is 2. The Hall–Kier alpha value is -2.70. The summed E-state index contributed by atoms with van der Waals surface area (Å²) in [6.07, 6.45) is 0.820. The molecule has 0 bridgehead atoms. The molecule has 0 unspecified atom stereocenters. The first kappa shape index (κ1) is 20.0. The van der Waals surface area contributed by atoms with E-state index in [1.54, 1.807) is 6.92 Å². The van der Waals surface area contributed by atoms with Crippen molar-refractivity contribution in [2.24, 2.45) is 5.41 Å². The molecule has 1 aliphatic rings. The van der Waals surface area contributed by atoms with Crippen molar-refractivity contribution in [1.29, 1.82) is 0 Å². The first-order valence-corrected chi connectivity index (χ1v) is 9.79. The lowest BCUT2D eigenvalue weighted by atomic mass is 9.94. The summed E-state index contributed by atoms with van der Waals surface area (Å²) in [5.41, 5.74) is 1.30. The number of ether oxygens (including phenoxy) is 1. The average Bonchev–Trinajstić information content (AvgIpc) is 2.91. The summed E-state index contributed by atoms with van der Waals surface area (Å²) in [4.78, 5) is 29.3. The van der Waals surface area contributed by atoms with Crippen LogP contribution in [-0.4, -0.2) is 59.8 Å². The van der Waals surface area contributed by atoms with Crippen LogP contribution in [0, 0.1) is 5.41 Å². The number of aromatic nitrogens is 2. The van der Waals surface area contributed by atoms with Crippen LogP contribution in [0.3, 0.4) is 0 Å². The molecule has 0 aliphatic carbocycles. The minimum Gasteiger partial charge on any atom is -0.461 e. The van der Waals surface area contributed by atoms with Crippen LogP contribution in [0.4, 0.5) is 5.69 Å². The molecule has 7 heteroatoms. The van der Waals surface area contributed by atoms with Crippen molar-refractivity contribution in [3.05, 3.63) is 30.0 Å². The van der Waals surface area contributed by atoms with Crippen molar-refractivity contribution in [2.45, 2.75) is 34.1 Å². The van der Waals surface area contributed by atoms with Crippen LogP contribution in [0.5, 0.6) is 0 Å². The van der Waals surface area contributed by atoms with Crippen molar-refractivity contribution < 1.29 is 14.3 Å². The van der Waals surface area contributed by atoms with Gasteiger partial charge in [-0.05, 0) is 19.4 Å². The molecule has 3 rings (SSSR count). The van der Waals surface area contributed by atoms with Gasteiger partial charge in [0.15, 0.2) is 5.69 Å². The Balaban J connectivity index is 1.97. The molecule has 2 heterocycles. The molecule has 1 saturated heterocycles. The Morgan fingerprint density at radius 3 is 2.54 bits per heavy atom. The summed E-state index contributed by atoms with van der Waals surface area (Å²) >= 11 is 0. The number of nitrogens with zero attached hydrogens (tertiary/aromatic N) is 4. The van der Waals surface area contributed by atoms with E-state index in [1.165, 1.54) is 0 Å². The third-order valence-electron chi connectivity index (χ3n) is 4.85. The Bertz CT molecular complexity index is 876. The van der Waals surface area contributed by atoms with E-state index < -0.39 is 11.4 Å². The maximum Gasteiger partial charge on any atom is 0.361 e. The Morgan fingerprint density at radius 2 is 1.82 bits per heavy atom. The summed E-state index contributed by atoms with van der Waals surface area (Å²) in [5.74, 6) is -0.319. The summed E-state index contributed by atoms with van der Waals surface area (Å²) in [6, 6.07) is 7.66. The summed E-state index contributed by atoms with van der Waals surface area (Å²) in [5, 5.41) is 9.25. The number of esters is 1. The predicted octanol–water partition coefficient (Wildman–Crippen LogP) is 2.89. The number of benzene rings is 1. The Kier molecular flexibility index (Phi) is 5.82. The van der Waals surface area contributed by atoms with E-state index in [1.807, 2.05) is 49.9 Å². The number of hydrogen-bond acceptors (Lipinski definition) is 6. The number of anilines is 1. The lowest BCUT2D eigenvalue weighted by molar-refractivity contribution is -0.139. The van der Waals surface area contributed by atoms with Gasteiger partial charge in [0.1, 0.15) is 0 Å². The highest BCUT2D eigenvalue weighted by atomic mass is 16.5. The zero-order valence-corrected chi connectivity index (χ0v) is 17.1. The largest absolute Gasteiger partial charge is 0.461 e. The van der Waals surface area contributed by atoms with Gasteiger partial charge in [-0.2, -0.15) is 0 Å². The van der Waals surface area contributed by atoms with Crippen molar-refractivity contribution in [3.63, 3.8) is 0 Å². The molecule has 150 valence electrons. The quantitative estimate of drug-likeness (QED) is 0.758. The van der Waals surface area contributed by atoms with Gasteiger partial charge in [0.05, 0.1) is 17.8 Å². The fourth-order valence-electron chi connectivity index (χ4n) is 3.52. The molecule has 0 N–H and O–H groups in total. The van der Waals surface area contributed by atoms with Gasteiger partial charge in [0.25, 0.3) is 0 Å². The summed E-state index contributed by atoms with van der Waals surface area (Å²) in [6.45, 7) is 10.5. The molecular formula is C21H28N4O3. The van der Waals surface area contributed by atoms with Crippen molar-refractivity contribution >= 4 is 28.5 Å². The minimum absolute atomic E-state index is 0.151. The summed E-state index contributed by atoms with van der Waals surface area (Å²) < 4.78 is 5.21. The maximum absolute atomic E-state index is 12.7. The lowest BCUT2D eigenvalue weighted by Crippen LogP contribution is -2.41. The molecule has 28 heavy (non-hydrogen) atoms. The van der Waals surface area contributed by atoms with E-state index in [2.05, 4.69) is 15.1 Å². The number of rotatable bonds is 3. The van der Waals surface area contributed by atoms with Gasteiger partial charge < -0.3 is 14.5 Å². The number of hydrogen-bond donors (Lipinski definition) is 0. The maximum atomic E-state index is 12.7. The minimum atomic E-state index is -0.470. The third kappa shape index (κ3) is 4.08. The van der Waals surface area contributed by atoms with Crippen LogP contribution in [0.2, 0.25) is 0 Å². The lowest BCUT2D eigenvalue weighted by Gasteiger charge is -2.29. The van der Waals surface area contributed by atoms with Crippen molar-refractivity contribution in [2.75, 3.05) is 37.7 Å². The van der Waals surface area contributed by atoms with Crippen LogP contribution in [0.1, 0.15) is 44.6 Å². The molecule has 0 saturated carbocycles. The van der Waals surface area contributed by atoms with Gasteiger partial charge in [0, 0.05) is 37.0 Å². The molecule has 0 spiro atoms. The molecule has 1 amide bonds. The Labute approximate surface area is 165 Å². The molecule has 1 aromatic carbocycles. The topological polar surface area (TPSA) is 75.6 Å². The highest BCUT2D eigenvalue weighted by Crippen LogP contribution is 2.30. The molecule has 0 radical (unpaired) electrons. The molecule has 1 fully saturated rings. The fraction of sp³-hybridized carbons (Fsp3) is 0.524. The smallest absolute Gasteiger partial charge is 0.361 e. The van der Waals surface area contributed by atoms with E-state index in [0.29, 0.717) is 19.6 Å². The van der Waals surface area contributed by atoms with Crippen LogP contribution in [-0.2, 0) is 9.53 Å². The first-order chi connectivity index (χ1) is 13.3. The van der Waals surface area contributed by atoms with Crippen molar-refractivity contribution in [1.82, 2.24) is 15.1 Å². The first-order valence-electron chi connectivity index (χ1n) is 9.79. The molecule has 2 aromatic rings. The molecule has 7 nitrogen and oxygen atoms in total. The Morgan fingerprint density at radius 1 is 1.07 bits per heavy atom. The summed E-state index contributed by atoms with van der Waals surface area (Å²) in [7, 11) is 0. The third-order valence-corrected chi connectivity index (χ3v) is 4.85. The van der Waals surface area contributed by atoms with E-state index in [9.17, 15) is 9.59 Å². The SMILES string of the molecule is CCOC(=O)c1nnc2ccccc2c1N1CCCN(C(=O)C(C)(C)C)CC1. The van der Waals surface area contributed by atoms with Gasteiger partial charge in [-0.3, -0.25) is 4.79 Å². The highest BCUT2D eigenvalue weighted by Gasteiger charge is 2.30. The standard InChI is InChI=1S/C21H28N4O3/c1-5-28-19(26)17-18(15-9-6-7-10-16(15)22-23-17)24-11-8-12-25(14-13-24)20(27)21(2,3)4/h6-7,9-10H,5,8,11-14H2,1-4H3. The zero-order chi connectivity index (χ0) is 20.3.